The monoisotopic (exact) mass is 321 g/mol. The standard InChI is InChI=1S/C12H17ClFN3O2S/c1-2-16-3-5-17(6-4-16)20(18,19)12-8-11(15)10(14)7-9(12)13/h7-8H,2-6,15H2,1H3. The van der Waals surface area contributed by atoms with E-state index in [1.165, 1.54) is 4.31 Å². The number of nitrogens with two attached hydrogens (primary N) is 1. The Balaban J connectivity index is 2.30. The molecule has 0 bridgehead atoms. The van der Waals surface area contributed by atoms with Gasteiger partial charge in [0.05, 0.1) is 10.7 Å². The maximum atomic E-state index is 13.3. The summed E-state index contributed by atoms with van der Waals surface area (Å²) in [6, 6.07) is 2.02. The first-order chi connectivity index (χ1) is 9.36. The molecule has 0 saturated carbocycles. The van der Waals surface area contributed by atoms with Gasteiger partial charge in [-0.3, -0.25) is 0 Å². The molecule has 0 aliphatic carbocycles. The molecule has 0 unspecified atom stereocenters. The van der Waals surface area contributed by atoms with Gasteiger partial charge < -0.3 is 10.6 Å². The van der Waals surface area contributed by atoms with Crippen LogP contribution in [0.2, 0.25) is 5.02 Å². The van der Waals surface area contributed by atoms with Crippen molar-refractivity contribution in [1.82, 2.24) is 9.21 Å². The quantitative estimate of drug-likeness (QED) is 0.854. The Morgan fingerprint density at radius 2 is 1.90 bits per heavy atom. The van der Waals surface area contributed by atoms with Crippen molar-refractivity contribution in [3.8, 4) is 0 Å². The maximum Gasteiger partial charge on any atom is 0.244 e. The summed E-state index contributed by atoms with van der Waals surface area (Å²) in [5, 5.41) is -0.144. The van der Waals surface area contributed by atoms with Crippen LogP contribution in [-0.4, -0.2) is 50.3 Å². The molecule has 0 atom stereocenters. The number of sulfonamides is 1. The number of hydrogen-bond donors (Lipinski definition) is 1. The van der Waals surface area contributed by atoms with Gasteiger partial charge in [-0.2, -0.15) is 4.31 Å². The molecular weight excluding hydrogens is 305 g/mol. The van der Waals surface area contributed by atoms with Gasteiger partial charge in [0.25, 0.3) is 0 Å². The molecule has 1 aromatic carbocycles. The van der Waals surface area contributed by atoms with Crippen LogP contribution in [0.5, 0.6) is 0 Å². The number of nitrogens with zero attached hydrogens (tertiary/aromatic N) is 2. The number of nitrogen functional groups attached to an aromatic ring is 1. The second-order valence-electron chi connectivity index (χ2n) is 4.64. The Morgan fingerprint density at radius 1 is 1.30 bits per heavy atom. The third kappa shape index (κ3) is 2.90. The van der Waals surface area contributed by atoms with Gasteiger partial charge in [-0.05, 0) is 18.7 Å². The lowest BCUT2D eigenvalue weighted by atomic mass is 10.3. The van der Waals surface area contributed by atoms with Crippen molar-refractivity contribution in [2.24, 2.45) is 0 Å². The molecule has 5 nitrogen and oxygen atoms in total. The number of benzene rings is 1. The summed E-state index contributed by atoms with van der Waals surface area (Å²) in [6.45, 7) is 5.04. The minimum Gasteiger partial charge on any atom is -0.396 e. The van der Waals surface area contributed by atoms with E-state index < -0.39 is 15.8 Å². The average molecular weight is 322 g/mol. The van der Waals surface area contributed by atoms with Crippen LogP contribution in [0.15, 0.2) is 17.0 Å². The number of anilines is 1. The third-order valence-corrected chi connectivity index (χ3v) is 5.81. The number of rotatable bonds is 3. The van der Waals surface area contributed by atoms with E-state index in [1.807, 2.05) is 6.92 Å². The van der Waals surface area contributed by atoms with Crippen LogP contribution < -0.4 is 5.73 Å². The summed E-state index contributed by atoms with van der Waals surface area (Å²) in [4.78, 5) is 2.02. The molecule has 0 radical (unpaired) electrons. The Kier molecular flexibility index (Phi) is 4.53. The van der Waals surface area contributed by atoms with Gasteiger partial charge in [-0.15, -0.1) is 0 Å². The lowest BCUT2D eigenvalue weighted by molar-refractivity contribution is 0.196. The molecule has 2 rings (SSSR count). The van der Waals surface area contributed by atoms with Gasteiger partial charge in [0.2, 0.25) is 10.0 Å². The van der Waals surface area contributed by atoms with Gasteiger partial charge in [0.15, 0.2) is 0 Å². The molecular formula is C12H17ClFN3O2S. The fraction of sp³-hybridized carbons (Fsp3) is 0.500. The van der Waals surface area contributed by atoms with Crippen molar-refractivity contribution in [3.63, 3.8) is 0 Å². The molecule has 1 aromatic rings. The normalized spacial score (nSPS) is 18.4. The van der Waals surface area contributed by atoms with E-state index in [0.717, 1.165) is 18.7 Å². The minimum absolute atomic E-state index is 0.136. The van der Waals surface area contributed by atoms with Crippen LogP contribution >= 0.6 is 11.6 Å². The van der Waals surface area contributed by atoms with Crippen LogP contribution in [0.1, 0.15) is 6.92 Å². The first-order valence-electron chi connectivity index (χ1n) is 6.33. The average Bonchev–Trinajstić information content (AvgIpc) is 2.42. The fourth-order valence-electron chi connectivity index (χ4n) is 2.17. The summed E-state index contributed by atoms with van der Waals surface area (Å²) in [5.41, 5.74) is 5.21. The van der Waals surface area contributed by atoms with E-state index in [0.29, 0.717) is 26.2 Å². The van der Waals surface area contributed by atoms with Gasteiger partial charge >= 0.3 is 0 Å². The summed E-state index contributed by atoms with van der Waals surface area (Å²) in [6.07, 6.45) is 0. The molecule has 8 heteroatoms. The molecule has 1 heterocycles. The van der Waals surface area contributed by atoms with E-state index in [-0.39, 0.29) is 15.6 Å². The van der Waals surface area contributed by atoms with E-state index in [4.69, 9.17) is 17.3 Å². The fourth-order valence-corrected chi connectivity index (χ4v) is 4.11. The van der Waals surface area contributed by atoms with Crippen molar-refractivity contribution in [3.05, 3.63) is 23.0 Å². The van der Waals surface area contributed by atoms with E-state index in [2.05, 4.69) is 4.90 Å². The van der Waals surface area contributed by atoms with Crippen molar-refractivity contribution in [1.29, 1.82) is 0 Å². The van der Waals surface area contributed by atoms with E-state index in [9.17, 15) is 12.8 Å². The van der Waals surface area contributed by atoms with Crippen LogP contribution in [0, 0.1) is 5.82 Å². The largest absolute Gasteiger partial charge is 0.396 e. The Bertz CT molecular complexity index is 601. The summed E-state index contributed by atoms with van der Waals surface area (Å²) in [7, 11) is -3.74. The number of hydrogen-bond acceptors (Lipinski definition) is 4. The summed E-state index contributed by atoms with van der Waals surface area (Å²) in [5.74, 6) is -0.718. The van der Waals surface area contributed by atoms with Crippen molar-refractivity contribution in [2.75, 3.05) is 38.5 Å². The van der Waals surface area contributed by atoms with Crippen LogP contribution in [0.3, 0.4) is 0 Å². The topological polar surface area (TPSA) is 66.6 Å². The predicted molar refractivity (Wildman–Crippen MR) is 76.7 cm³/mol. The molecule has 1 saturated heterocycles. The molecule has 1 aliphatic rings. The Morgan fingerprint density at radius 3 is 2.45 bits per heavy atom. The highest BCUT2D eigenvalue weighted by Gasteiger charge is 2.30. The summed E-state index contributed by atoms with van der Waals surface area (Å²) >= 11 is 5.85. The van der Waals surface area contributed by atoms with E-state index >= 15 is 0 Å². The highest BCUT2D eigenvalue weighted by atomic mass is 35.5. The van der Waals surface area contributed by atoms with Crippen molar-refractivity contribution < 1.29 is 12.8 Å². The molecule has 0 spiro atoms. The molecule has 112 valence electrons. The van der Waals surface area contributed by atoms with Crippen molar-refractivity contribution in [2.45, 2.75) is 11.8 Å². The van der Waals surface area contributed by atoms with Crippen molar-refractivity contribution >= 4 is 27.3 Å². The zero-order chi connectivity index (χ0) is 14.9. The van der Waals surface area contributed by atoms with Gasteiger partial charge in [-0.1, -0.05) is 18.5 Å². The van der Waals surface area contributed by atoms with E-state index in [1.54, 1.807) is 0 Å². The Hall–Kier alpha value is -0.890. The highest BCUT2D eigenvalue weighted by Crippen LogP contribution is 2.29. The minimum atomic E-state index is -3.74. The van der Waals surface area contributed by atoms with Crippen LogP contribution in [-0.2, 0) is 10.0 Å². The first-order valence-corrected chi connectivity index (χ1v) is 8.15. The van der Waals surface area contributed by atoms with Gasteiger partial charge in [0.1, 0.15) is 10.7 Å². The third-order valence-electron chi connectivity index (χ3n) is 3.45. The smallest absolute Gasteiger partial charge is 0.244 e. The second-order valence-corrected chi connectivity index (χ2v) is 6.96. The lowest BCUT2D eigenvalue weighted by Gasteiger charge is -2.33. The summed E-state index contributed by atoms with van der Waals surface area (Å²) < 4.78 is 39.6. The molecule has 0 aromatic heterocycles. The lowest BCUT2D eigenvalue weighted by Crippen LogP contribution is -2.48. The molecule has 20 heavy (non-hydrogen) atoms. The SMILES string of the molecule is CCN1CCN(S(=O)(=O)c2cc(N)c(F)cc2Cl)CC1. The molecule has 1 fully saturated rings. The molecule has 1 aliphatic heterocycles. The Labute approximate surface area is 123 Å². The zero-order valence-electron chi connectivity index (χ0n) is 11.1. The van der Waals surface area contributed by atoms with Crippen LogP contribution in [0.4, 0.5) is 10.1 Å². The highest BCUT2D eigenvalue weighted by molar-refractivity contribution is 7.89. The zero-order valence-corrected chi connectivity index (χ0v) is 12.7. The van der Waals surface area contributed by atoms with Crippen LogP contribution in [0.25, 0.3) is 0 Å². The molecule has 0 amide bonds. The molecule has 2 N–H and O–H groups in total. The second kappa shape index (κ2) is 5.85. The number of piperazine rings is 1. The number of halogens is 2. The predicted octanol–water partition coefficient (Wildman–Crippen LogP) is 1.39. The maximum absolute atomic E-state index is 13.3. The van der Waals surface area contributed by atoms with Gasteiger partial charge in [0, 0.05) is 26.2 Å². The first kappa shape index (κ1) is 15.5. The number of likely N-dealkylation sites (N-methyl/N-ethyl adjacent to an activating group) is 1. The van der Waals surface area contributed by atoms with Gasteiger partial charge in [-0.25, -0.2) is 12.8 Å².